The third kappa shape index (κ3) is 2.31. The number of allylic oxidation sites excluding steroid dienone is 4. The number of rotatable bonds is 2. The van der Waals surface area contributed by atoms with E-state index < -0.39 is 0 Å². The predicted molar refractivity (Wildman–Crippen MR) is 62.0 cm³/mol. The third-order valence-electron chi connectivity index (χ3n) is 2.44. The zero-order chi connectivity index (χ0) is 11.4. The number of phenolic OH excluding ortho intramolecular Hbond substituents is 1. The summed E-state index contributed by atoms with van der Waals surface area (Å²) in [6.07, 6.45) is 7.61. The maximum atomic E-state index is 11.8. The average Bonchev–Trinajstić information content (AvgIpc) is 2.31. The molecule has 16 heavy (non-hydrogen) atoms. The average molecular weight is 215 g/mol. The van der Waals surface area contributed by atoms with Gasteiger partial charge < -0.3 is 10.4 Å². The van der Waals surface area contributed by atoms with Gasteiger partial charge in [0, 0.05) is 5.70 Å². The first-order valence-corrected chi connectivity index (χ1v) is 5.22. The van der Waals surface area contributed by atoms with Gasteiger partial charge in [-0.2, -0.15) is 0 Å². The lowest BCUT2D eigenvalue weighted by molar-refractivity contribution is 0.0962. The molecule has 0 unspecified atom stereocenters. The molecule has 1 aliphatic rings. The Morgan fingerprint density at radius 2 is 2.12 bits per heavy atom. The number of para-hydroxylation sites is 1. The first kappa shape index (κ1) is 10.5. The van der Waals surface area contributed by atoms with Crippen LogP contribution in [0, 0.1) is 0 Å². The number of benzene rings is 1. The largest absolute Gasteiger partial charge is 0.507 e. The Balaban J connectivity index is 2.12. The van der Waals surface area contributed by atoms with Crippen LogP contribution in [0.25, 0.3) is 0 Å². The van der Waals surface area contributed by atoms with E-state index in [2.05, 4.69) is 11.4 Å². The van der Waals surface area contributed by atoms with Crippen LogP contribution in [-0.4, -0.2) is 11.0 Å². The SMILES string of the molecule is O=C(NC1=CC=CCC1)c1ccccc1O. The van der Waals surface area contributed by atoms with Crippen molar-refractivity contribution in [2.75, 3.05) is 0 Å². The highest BCUT2D eigenvalue weighted by molar-refractivity contribution is 5.97. The number of carbonyl (C=O) groups is 1. The van der Waals surface area contributed by atoms with Crippen LogP contribution in [0.4, 0.5) is 0 Å². The minimum atomic E-state index is -0.264. The summed E-state index contributed by atoms with van der Waals surface area (Å²) in [4.78, 5) is 11.8. The summed E-state index contributed by atoms with van der Waals surface area (Å²) in [6, 6.07) is 6.52. The molecular weight excluding hydrogens is 202 g/mol. The molecule has 0 aliphatic heterocycles. The van der Waals surface area contributed by atoms with Crippen molar-refractivity contribution in [3.8, 4) is 5.75 Å². The summed E-state index contributed by atoms with van der Waals surface area (Å²) < 4.78 is 0. The summed E-state index contributed by atoms with van der Waals surface area (Å²) in [6.45, 7) is 0. The van der Waals surface area contributed by atoms with Gasteiger partial charge in [0.25, 0.3) is 5.91 Å². The number of aromatic hydroxyl groups is 1. The monoisotopic (exact) mass is 215 g/mol. The van der Waals surface area contributed by atoms with Crippen molar-refractivity contribution in [1.82, 2.24) is 5.32 Å². The highest BCUT2D eigenvalue weighted by atomic mass is 16.3. The Morgan fingerprint density at radius 1 is 1.31 bits per heavy atom. The topological polar surface area (TPSA) is 49.3 Å². The van der Waals surface area contributed by atoms with Crippen molar-refractivity contribution in [2.24, 2.45) is 0 Å². The standard InChI is InChI=1S/C13H13NO2/c15-12-9-5-4-8-11(12)13(16)14-10-6-2-1-3-7-10/h1-2,4-6,8-9,15H,3,7H2,(H,14,16). The van der Waals surface area contributed by atoms with Crippen molar-refractivity contribution in [3.63, 3.8) is 0 Å². The van der Waals surface area contributed by atoms with E-state index in [0.717, 1.165) is 18.5 Å². The van der Waals surface area contributed by atoms with Crippen molar-refractivity contribution < 1.29 is 9.90 Å². The van der Waals surface area contributed by atoms with Gasteiger partial charge in [-0.05, 0) is 31.1 Å². The number of hydrogen-bond donors (Lipinski definition) is 2. The van der Waals surface area contributed by atoms with E-state index in [4.69, 9.17) is 0 Å². The van der Waals surface area contributed by atoms with Gasteiger partial charge in [0.15, 0.2) is 0 Å². The molecule has 3 nitrogen and oxygen atoms in total. The molecular formula is C13H13NO2. The highest BCUT2D eigenvalue weighted by Crippen LogP contribution is 2.16. The van der Waals surface area contributed by atoms with Gasteiger partial charge in [0.2, 0.25) is 0 Å². The molecule has 0 fully saturated rings. The first-order valence-electron chi connectivity index (χ1n) is 5.22. The molecule has 2 rings (SSSR count). The lowest BCUT2D eigenvalue weighted by Crippen LogP contribution is -2.23. The Morgan fingerprint density at radius 3 is 2.81 bits per heavy atom. The van der Waals surface area contributed by atoms with Crippen molar-refractivity contribution >= 4 is 5.91 Å². The Labute approximate surface area is 94.1 Å². The zero-order valence-electron chi connectivity index (χ0n) is 8.81. The fourth-order valence-electron chi connectivity index (χ4n) is 1.59. The molecule has 1 aromatic rings. The lowest BCUT2D eigenvalue weighted by atomic mass is 10.1. The van der Waals surface area contributed by atoms with Crippen molar-refractivity contribution in [3.05, 3.63) is 53.8 Å². The second kappa shape index (κ2) is 4.66. The van der Waals surface area contributed by atoms with E-state index in [1.54, 1.807) is 18.2 Å². The summed E-state index contributed by atoms with van der Waals surface area (Å²) in [5.41, 5.74) is 1.19. The molecule has 0 aromatic heterocycles. The van der Waals surface area contributed by atoms with Crippen LogP contribution in [0.1, 0.15) is 23.2 Å². The molecule has 1 amide bonds. The van der Waals surface area contributed by atoms with Gasteiger partial charge in [-0.25, -0.2) is 0 Å². The van der Waals surface area contributed by atoms with E-state index >= 15 is 0 Å². The number of carbonyl (C=O) groups excluding carboxylic acids is 1. The molecule has 1 aromatic carbocycles. The smallest absolute Gasteiger partial charge is 0.259 e. The zero-order valence-corrected chi connectivity index (χ0v) is 8.81. The molecule has 0 saturated carbocycles. The maximum Gasteiger partial charge on any atom is 0.259 e. The van der Waals surface area contributed by atoms with Gasteiger partial charge in [0.1, 0.15) is 5.75 Å². The second-order valence-electron chi connectivity index (χ2n) is 3.63. The number of amides is 1. The fourth-order valence-corrected chi connectivity index (χ4v) is 1.59. The summed E-state index contributed by atoms with van der Waals surface area (Å²) in [5.74, 6) is -0.258. The fraction of sp³-hybridized carbons (Fsp3) is 0.154. The molecule has 0 heterocycles. The van der Waals surface area contributed by atoms with Crippen LogP contribution in [0.5, 0.6) is 5.75 Å². The number of phenols is 1. The van der Waals surface area contributed by atoms with E-state index in [1.807, 2.05) is 12.2 Å². The Kier molecular flexibility index (Phi) is 3.05. The van der Waals surface area contributed by atoms with Gasteiger partial charge in [-0.3, -0.25) is 4.79 Å². The second-order valence-corrected chi connectivity index (χ2v) is 3.63. The normalized spacial score (nSPS) is 14.4. The van der Waals surface area contributed by atoms with Crippen LogP contribution >= 0.6 is 0 Å². The summed E-state index contributed by atoms with van der Waals surface area (Å²) >= 11 is 0. The molecule has 3 heteroatoms. The molecule has 1 aliphatic carbocycles. The molecule has 0 atom stereocenters. The number of nitrogens with one attached hydrogen (secondary N) is 1. The van der Waals surface area contributed by atoms with E-state index in [9.17, 15) is 9.90 Å². The van der Waals surface area contributed by atoms with Crippen LogP contribution in [0.15, 0.2) is 48.2 Å². The van der Waals surface area contributed by atoms with Crippen LogP contribution in [-0.2, 0) is 0 Å². The van der Waals surface area contributed by atoms with Gasteiger partial charge in [0.05, 0.1) is 5.56 Å². The molecule has 0 bridgehead atoms. The van der Waals surface area contributed by atoms with E-state index in [-0.39, 0.29) is 11.7 Å². The quantitative estimate of drug-likeness (QED) is 0.795. The van der Waals surface area contributed by atoms with E-state index in [1.165, 1.54) is 6.07 Å². The minimum Gasteiger partial charge on any atom is -0.507 e. The molecule has 0 spiro atoms. The summed E-state index contributed by atoms with van der Waals surface area (Å²) in [5, 5.41) is 12.3. The highest BCUT2D eigenvalue weighted by Gasteiger charge is 2.11. The van der Waals surface area contributed by atoms with Crippen LogP contribution < -0.4 is 5.32 Å². The van der Waals surface area contributed by atoms with Gasteiger partial charge in [-0.1, -0.05) is 24.3 Å². The predicted octanol–water partition coefficient (Wildman–Crippen LogP) is 2.36. The Hall–Kier alpha value is -2.03. The third-order valence-corrected chi connectivity index (χ3v) is 2.44. The Bertz CT molecular complexity index is 461. The minimum absolute atomic E-state index is 0.00644. The summed E-state index contributed by atoms with van der Waals surface area (Å²) in [7, 11) is 0. The van der Waals surface area contributed by atoms with Crippen LogP contribution in [0.2, 0.25) is 0 Å². The first-order chi connectivity index (χ1) is 7.77. The van der Waals surface area contributed by atoms with Crippen molar-refractivity contribution in [1.29, 1.82) is 0 Å². The molecule has 82 valence electrons. The number of hydrogen-bond acceptors (Lipinski definition) is 2. The van der Waals surface area contributed by atoms with Crippen molar-refractivity contribution in [2.45, 2.75) is 12.8 Å². The lowest BCUT2D eigenvalue weighted by Gasteiger charge is -2.11. The van der Waals surface area contributed by atoms with Gasteiger partial charge >= 0.3 is 0 Å². The van der Waals surface area contributed by atoms with Crippen LogP contribution in [0.3, 0.4) is 0 Å². The molecule has 0 saturated heterocycles. The molecule has 2 N–H and O–H groups in total. The van der Waals surface area contributed by atoms with E-state index in [0.29, 0.717) is 5.56 Å². The molecule has 0 radical (unpaired) electrons. The van der Waals surface area contributed by atoms with Gasteiger partial charge in [-0.15, -0.1) is 0 Å². The maximum absolute atomic E-state index is 11.8.